The molecule has 1 aromatic carbocycles. The van der Waals surface area contributed by atoms with E-state index in [0.29, 0.717) is 18.4 Å². The summed E-state index contributed by atoms with van der Waals surface area (Å²) in [5.74, 6) is 1.98. The number of methoxy groups -OCH3 is 1. The molecule has 1 saturated carbocycles. The Kier molecular flexibility index (Phi) is 3.95. The molecule has 1 fully saturated rings. The highest BCUT2D eigenvalue weighted by Gasteiger charge is 2.29. The van der Waals surface area contributed by atoms with Crippen LogP contribution in [-0.2, 0) is 0 Å². The molecule has 0 aromatic heterocycles. The van der Waals surface area contributed by atoms with Crippen LogP contribution in [0.1, 0.15) is 49.1 Å². The summed E-state index contributed by atoms with van der Waals surface area (Å²) in [6.45, 7) is 2.88. The molecular weight excluding hydrogens is 234 g/mol. The molecule has 2 N–H and O–H groups in total. The molecular formula is C14H20ClNO. The lowest BCUT2D eigenvalue weighted by Crippen LogP contribution is -2.05. The second-order valence-corrected chi connectivity index (χ2v) is 5.28. The molecule has 2 rings (SSSR count). The maximum atomic E-state index is 6.38. The third-order valence-corrected chi connectivity index (χ3v) is 3.80. The molecule has 1 aliphatic rings. The van der Waals surface area contributed by atoms with Gasteiger partial charge >= 0.3 is 0 Å². The number of hydrogen-bond acceptors (Lipinski definition) is 2. The highest BCUT2D eigenvalue weighted by Crippen LogP contribution is 2.48. The van der Waals surface area contributed by atoms with Gasteiger partial charge in [0.05, 0.1) is 7.11 Å². The van der Waals surface area contributed by atoms with Crippen molar-refractivity contribution in [3.63, 3.8) is 0 Å². The summed E-state index contributed by atoms with van der Waals surface area (Å²) in [6, 6.07) is 4.21. The zero-order valence-electron chi connectivity index (χ0n) is 10.5. The van der Waals surface area contributed by atoms with Crippen molar-refractivity contribution in [2.75, 3.05) is 13.7 Å². The largest absolute Gasteiger partial charge is 0.496 e. The Morgan fingerprint density at radius 1 is 1.47 bits per heavy atom. The molecule has 1 atom stereocenters. The molecule has 0 bridgehead atoms. The fraction of sp³-hybridized carbons (Fsp3) is 0.571. The summed E-state index contributed by atoms with van der Waals surface area (Å²) in [5, 5.41) is 0.853. The zero-order valence-corrected chi connectivity index (χ0v) is 11.3. The minimum absolute atomic E-state index is 0.430. The van der Waals surface area contributed by atoms with E-state index >= 15 is 0 Å². The molecule has 0 amide bonds. The van der Waals surface area contributed by atoms with Gasteiger partial charge in [-0.1, -0.05) is 18.5 Å². The first-order valence-electron chi connectivity index (χ1n) is 6.24. The van der Waals surface area contributed by atoms with E-state index in [1.54, 1.807) is 7.11 Å². The topological polar surface area (TPSA) is 35.2 Å². The van der Waals surface area contributed by atoms with Crippen LogP contribution in [-0.4, -0.2) is 13.7 Å². The molecule has 1 aliphatic carbocycles. The molecule has 17 heavy (non-hydrogen) atoms. The number of benzene rings is 1. The quantitative estimate of drug-likeness (QED) is 0.869. The maximum absolute atomic E-state index is 6.38. The molecule has 0 heterocycles. The van der Waals surface area contributed by atoms with Crippen LogP contribution in [0, 0.1) is 0 Å². The fourth-order valence-electron chi connectivity index (χ4n) is 2.25. The third-order valence-electron chi connectivity index (χ3n) is 3.49. The Morgan fingerprint density at radius 3 is 2.71 bits per heavy atom. The summed E-state index contributed by atoms with van der Waals surface area (Å²) in [5.41, 5.74) is 8.02. The highest BCUT2D eigenvalue weighted by atomic mass is 35.5. The van der Waals surface area contributed by atoms with Crippen LogP contribution in [0.4, 0.5) is 0 Å². The smallest absolute Gasteiger partial charge is 0.124 e. The second kappa shape index (κ2) is 5.28. The fourth-order valence-corrected chi connectivity index (χ4v) is 2.62. The maximum Gasteiger partial charge on any atom is 0.124 e. The third kappa shape index (κ3) is 2.75. The molecule has 0 saturated heterocycles. The first-order chi connectivity index (χ1) is 8.17. The number of nitrogens with two attached hydrogens (primary N) is 1. The van der Waals surface area contributed by atoms with E-state index in [9.17, 15) is 0 Å². The van der Waals surface area contributed by atoms with E-state index in [-0.39, 0.29) is 0 Å². The van der Waals surface area contributed by atoms with Gasteiger partial charge in [-0.25, -0.2) is 0 Å². The van der Waals surface area contributed by atoms with Crippen LogP contribution in [0.25, 0.3) is 0 Å². The van der Waals surface area contributed by atoms with Gasteiger partial charge in [-0.2, -0.15) is 0 Å². The minimum atomic E-state index is 0.430. The van der Waals surface area contributed by atoms with Gasteiger partial charge < -0.3 is 10.5 Å². The summed E-state index contributed by atoms with van der Waals surface area (Å²) < 4.78 is 5.48. The van der Waals surface area contributed by atoms with Crippen LogP contribution in [0.5, 0.6) is 5.75 Å². The van der Waals surface area contributed by atoms with Crippen molar-refractivity contribution in [1.82, 2.24) is 0 Å². The monoisotopic (exact) mass is 253 g/mol. The van der Waals surface area contributed by atoms with Gasteiger partial charge in [0.25, 0.3) is 0 Å². The van der Waals surface area contributed by atoms with Gasteiger partial charge in [0.2, 0.25) is 0 Å². The predicted octanol–water partition coefficient (Wildman–Crippen LogP) is 3.68. The number of halogens is 1. The van der Waals surface area contributed by atoms with E-state index in [4.69, 9.17) is 22.1 Å². The molecule has 1 aromatic rings. The van der Waals surface area contributed by atoms with Crippen molar-refractivity contribution < 1.29 is 4.74 Å². The van der Waals surface area contributed by atoms with E-state index in [1.807, 2.05) is 0 Å². The Bertz CT molecular complexity index is 401. The van der Waals surface area contributed by atoms with Gasteiger partial charge in [-0.15, -0.1) is 0 Å². The van der Waals surface area contributed by atoms with Crippen molar-refractivity contribution in [3.8, 4) is 5.75 Å². The molecule has 2 nitrogen and oxygen atoms in total. The van der Waals surface area contributed by atoms with Gasteiger partial charge in [0, 0.05) is 10.6 Å². The van der Waals surface area contributed by atoms with Crippen LogP contribution >= 0.6 is 11.6 Å². The van der Waals surface area contributed by atoms with Crippen molar-refractivity contribution in [3.05, 3.63) is 28.3 Å². The number of rotatable bonds is 5. The summed E-state index contributed by atoms with van der Waals surface area (Å²) in [7, 11) is 1.72. The van der Waals surface area contributed by atoms with E-state index < -0.39 is 0 Å². The minimum Gasteiger partial charge on any atom is -0.496 e. The van der Waals surface area contributed by atoms with Crippen LogP contribution in [0.3, 0.4) is 0 Å². The number of ether oxygens (including phenoxy) is 1. The van der Waals surface area contributed by atoms with Gasteiger partial charge in [0.15, 0.2) is 0 Å². The molecule has 0 spiro atoms. The van der Waals surface area contributed by atoms with Crippen molar-refractivity contribution in [2.45, 2.75) is 38.0 Å². The van der Waals surface area contributed by atoms with Crippen LogP contribution in [0.15, 0.2) is 12.1 Å². The van der Waals surface area contributed by atoms with Crippen molar-refractivity contribution in [1.29, 1.82) is 0 Å². The summed E-state index contributed by atoms with van der Waals surface area (Å²) in [6.07, 6.45) is 3.43. The Labute approximate surface area is 108 Å². The Hall–Kier alpha value is -0.730. The van der Waals surface area contributed by atoms with Gasteiger partial charge in [0.1, 0.15) is 5.75 Å². The van der Waals surface area contributed by atoms with Crippen molar-refractivity contribution in [2.24, 2.45) is 5.73 Å². The molecule has 3 heteroatoms. The van der Waals surface area contributed by atoms with Crippen molar-refractivity contribution >= 4 is 11.6 Å². The van der Waals surface area contributed by atoms with E-state index in [0.717, 1.165) is 17.2 Å². The standard InChI is InChI=1S/C14H20ClNO/c1-9(5-6-16)11-7-12(15)14(10-3-4-10)13(8-11)17-2/h7-10H,3-6,16H2,1-2H3. The Balaban J connectivity index is 2.33. The normalized spacial score (nSPS) is 16.9. The molecule has 94 valence electrons. The van der Waals surface area contributed by atoms with Crippen LogP contribution in [0.2, 0.25) is 5.02 Å². The van der Waals surface area contributed by atoms with Gasteiger partial charge in [-0.05, 0) is 55.3 Å². The lowest BCUT2D eigenvalue weighted by atomic mass is 9.95. The lowest BCUT2D eigenvalue weighted by molar-refractivity contribution is 0.409. The first-order valence-corrected chi connectivity index (χ1v) is 6.62. The van der Waals surface area contributed by atoms with E-state index in [1.165, 1.54) is 24.0 Å². The second-order valence-electron chi connectivity index (χ2n) is 4.87. The van der Waals surface area contributed by atoms with Gasteiger partial charge in [-0.3, -0.25) is 0 Å². The lowest BCUT2D eigenvalue weighted by Gasteiger charge is -2.16. The van der Waals surface area contributed by atoms with E-state index in [2.05, 4.69) is 19.1 Å². The summed E-state index contributed by atoms with van der Waals surface area (Å²) in [4.78, 5) is 0. The zero-order chi connectivity index (χ0) is 12.4. The number of hydrogen-bond donors (Lipinski definition) is 1. The molecule has 1 unspecified atom stereocenters. The first kappa shape index (κ1) is 12.7. The average molecular weight is 254 g/mol. The Morgan fingerprint density at radius 2 is 2.18 bits per heavy atom. The SMILES string of the molecule is COc1cc(C(C)CCN)cc(Cl)c1C1CC1. The predicted molar refractivity (Wildman–Crippen MR) is 72.1 cm³/mol. The highest BCUT2D eigenvalue weighted by molar-refractivity contribution is 6.31. The molecule has 0 radical (unpaired) electrons. The summed E-state index contributed by atoms with van der Waals surface area (Å²) >= 11 is 6.38. The molecule has 0 aliphatic heterocycles. The average Bonchev–Trinajstić information content (AvgIpc) is 3.12. The van der Waals surface area contributed by atoms with Crippen LogP contribution < -0.4 is 10.5 Å².